The number of rotatable bonds is 4. The summed E-state index contributed by atoms with van der Waals surface area (Å²) in [5, 5.41) is 0.697. The molecule has 2 aromatic rings. The van der Waals surface area contributed by atoms with E-state index in [4.69, 9.17) is 21.8 Å². The summed E-state index contributed by atoms with van der Waals surface area (Å²) in [6.07, 6.45) is 4.12. The van der Waals surface area contributed by atoms with E-state index in [1.165, 1.54) is 12.8 Å². The number of aromatic nitrogens is 1. The molecule has 1 fully saturated rings. The van der Waals surface area contributed by atoms with Crippen LogP contribution in [-0.2, 0) is 6.54 Å². The van der Waals surface area contributed by atoms with Crippen molar-refractivity contribution in [3.8, 4) is 11.3 Å². The molecule has 1 saturated heterocycles. The minimum Gasteiger partial charge on any atom is -0.439 e. The normalized spacial score (nSPS) is 17.8. The quantitative estimate of drug-likeness (QED) is 0.897. The Hall–Kier alpha value is -0.780. The SMILES string of the molecule is Cl.Cl.NCC1CCCN1Cc1ncc(-c2cccc(Cl)c2)o1. The summed E-state index contributed by atoms with van der Waals surface area (Å²) in [6, 6.07) is 8.05. The fourth-order valence-corrected chi connectivity index (χ4v) is 2.89. The second-order valence-corrected chi connectivity index (χ2v) is 5.57. The number of likely N-dealkylation sites (tertiary alicyclic amines) is 1. The van der Waals surface area contributed by atoms with E-state index in [-0.39, 0.29) is 24.8 Å². The molecule has 2 heterocycles. The molecule has 1 atom stereocenters. The third-order valence-electron chi connectivity index (χ3n) is 3.77. The smallest absolute Gasteiger partial charge is 0.209 e. The predicted octanol–water partition coefficient (Wildman–Crippen LogP) is 3.76. The van der Waals surface area contributed by atoms with Gasteiger partial charge in [-0.15, -0.1) is 24.8 Å². The van der Waals surface area contributed by atoms with Crippen molar-refractivity contribution in [2.75, 3.05) is 13.1 Å². The molecule has 4 nitrogen and oxygen atoms in total. The predicted molar refractivity (Wildman–Crippen MR) is 93.9 cm³/mol. The molecule has 1 aliphatic rings. The first-order chi connectivity index (χ1) is 9.76. The number of nitrogens with zero attached hydrogens (tertiary/aromatic N) is 2. The Balaban J connectivity index is 0.00000121. The van der Waals surface area contributed by atoms with Crippen molar-refractivity contribution >= 4 is 36.4 Å². The topological polar surface area (TPSA) is 55.3 Å². The van der Waals surface area contributed by atoms with Crippen molar-refractivity contribution in [2.45, 2.75) is 25.4 Å². The maximum absolute atomic E-state index is 5.99. The second-order valence-electron chi connectivity index (χ2n) is 5.13. The Morgan fingerprint density at radius 1 is 1.36 bits per heavy atom. The standard InChI is InChI=1S/C15H18ClN3O.2ClH/c16-12-4-1-3-11(7-12)14-9-18-15(20-14)10-19-6-2-5-13(19)8-17;;/h1,3-4,7,9,13H,2,5-6,8,10,17H2;2*1H. The lowest BCUT2D eigenvalue weighted by atomic mass is 10.2. The number of oxazole rings is 1. The molecule has 3 rings (SSSR count). The Morgan fingerprint density at radius 2 is 2.18 bits per heavy atom. The minimum atomic E-state index is 0. The Kier molecular flexibility index (Phi) is 7.66. The van der Waals surface area contributed by atoms with Gasteiger partial charge in [-0.25, -0.2) is 4.98 Å². The van der Waals surface area contributed by atoms with Crippen molar-refractivity contribution in [1.82, 2.24) is 9.88 Å². The van der Waals surface area contributed by atoms with Gasteiger partial charge in [0, 0.05) is 23.2 Å². The van der Waals surface area contributed by atoms with Gasteiger partial charge in [-0.1, -0.05) is 23.7 Å². The van der Waals surface area contributed by atoms with E-state index >= 15 is 0 Å². The first kappa shape index (κ1) is 19.3. The van der Waals surface area contributed by atoms with Crippen molar-refractivity contribution in [3.05, 3.63) is 41.4 Å². The van der Waals surface area contributed by atoms with E-state index in [0.29, 0.717) is 17.6 Å². The van der Waals surface area contributed by atoms with Crippen LogP contribution in [0.5, 0.6) is 0 Å². The van der Waals surface area contributed by atoms with Crippen LogP contribution in [-0.4, -0.2) is 29.0 Å². The molecule has 0 radical (unpaired) electrons. The number of hydrogen-bond donors (Lipinski definition) is 1. The van der Waals surface area contributed by atoms with E-state index in [1.54, 1.807) is 6.20 Å². The van der Waals surface area contributed by atoms with E-state index < -0.39 is 0 Å². The highest BCUT2D eigenvalue weighted by Gasteiger charge is 2.24. The third kappa shape index (κ3) is 4.37. The van der Waals surface area contributed by atoms with Gasteiger partial charge in [0.1, 0.15) is 0 Å². The number of nitrogens with two attached hydrogens (primary N) is 1. The number of hydrogen-bond acceptors (Lipinski definition) is 4. The molecule has 122 valence electrons. The van der Waals surface area contributed by atoms with Gasteiger partial charge >= 0.3 is 0 Å². The highest BCUT2D eigenvalue weighted by Crippen LogP contribution is 2.25. The lowest BCUT2D eigenvalue weighted by molar-refractivity contribution is 0.226. The van der Waals surface area contributed by atoms with Crippen LogP contribution in [0, 0.1) is 0 Å². The minimum absolute atomic E-state index is 0. The fourth-order valence-electron chi connectivity index (χ4n) is 2.70. The molecule has 1 unspecified atom stereocenters. The molecule has 0 amide bonds. The molecule has 0 aliphatic carbocycles. The Bertz CT molecular complexity index is 591. The van der Waals surface area contributed by atoms with Crippen LogP contribution < -0.4 is 5.73 Å². The summed E-state index contributed by atoms with van der Waals surface area (Å²) >= 11 is 5.99. The Morgan fingerprint density at radius 3 is 2.91 bits per heavy atom. The molecule has 0 bridgehead atoms. The first-order valence-corrected chi connectivity index (χ1v) is 7.29. The van der Waals surface area contributed by atoms with Gasteiger partial charge in [0.15, 0.2) is 5.76 Å². The van der Waals surface area contributed by atoms with Crippen LogP contribution in [0.4, 0.5) is 0 Å². The average Bonchev–Trinajstić information content (AvgIpc) is 3.08. The van der Waals surface area contributed by atoms with Gasteiger partial charge in [-0.2, -0.15) is 0 Å². The monoisotopic (exact) mass is 363 g/mol. The van der Waals surface area contributed by atoms with Crippen molar-refractivity contribution in [3.63, 3.8) is 0 Å². The van der Waals surface area contributed by atoms with Crippen molar-refractivity contribution in [1.29, 1.82) is 0 Å². The molecular weight excluding hydrogens is 345 g/mol. The van der Waals surface area contributed by atoms with Gasteiger partial charge in [0.25, 0.3) is 0 Å². The molecule has 7 heteroatoms. The van der Waals surface area contributed by atoms with E-state index in [1.807, 2.05) is 24.3 Å². The molecule has 22 heavy (non-hydrogen) atoms. The molecule has 0 saturated carbocycles. The molecule has 1 aromatic heterocycles. The zero-order chi connectivity index (χ0) is 13.9. The van der Waals surface area contributed by atoms with Crippen LogP contribution in [0.3, 0.4) is 0 Å². The summed E-state index contributed by atoms with van der Waals surface area (Å²) in [7, 11) is 0. The number of halogens is 3. The summed E-state index contributed by atoms with van der Waals surface area (Å²) in [5.74, 6) is 1.49. The highest BCUT2D eigenvalue weighted by atomic mass is 35.5. The van der Waals surface area contributed by atoms with Gasteiger partial charge < -0.3 is 10.2 Å². The van der Waals surface area contributed by atoms with Crippen molar-refractivity contribution < 1.29 is 4.42 Å². The summed E-state index contributed by atoms with van der Waals surface area (Å²) in [6.45, 7) is 2.49. The largest absolute Gasteiger partial charge is 0.439 e. The van der Waals surface area contributed by atoms with Crippen LogP contribution in [0.15, 0.2) is 34.9 Å². The van der Waals surface area contributed by atoms with Gasteiger partial charge in [0.2, 0.25) is 5.89 Å². The summed E-state index contributed by atoms with van der Waals surface area (Å²) in [5.41, 5.74) is 6.74. The maximum Gasteiger partial charge on any atom is 0.209 e. The third-order valence-corrected chi connectivity index (χ3v) is 4.01. The van der Waals surface area contributed by atoms with Crippen LogP contribution in [0.2, 0.25) is 5.02 Å². The van der Waals surface area contributed by atoms with E-state index in [0.717, 1.165) is 30.3 Å². The van der Waals surface area contributed by atoms with Crippen LogP contribution in [0.1, 0.15) is 18.7 Å². The molecule has 0 spiro atoms. The van der Waals surface area contributed by atoms with Gasteiger partial charge in [-0.05, 0) is 31.5 Å². The van der Waals surface area contributed by atoms with Gasteiger partial charge in [-0.3, -0.25) is 4.90 Å². The van der Waals surface area contributed by atoms with Crippen LogP contribution in [0.25, 0.3) is 11.3 Å². The highest BCUT2D eigenvalue weighted by molar-refractivity contribution is 6.30. The maximum atomic E-state index is 5.99. The van der Waals surface area contributed by atoms with E-state index in [2.05, 4.69) is 9.88 Å². The zero-order valence-corrected chi connectivity index (χ0v) is 14.5. The lowest BCUT2D eigenvalue weighted by Gasteiger charge is -2.20. The first-order valence-electron chi connectivity index (χ1n) is 6.91. The summed E-state index contributed by atoms with van der Waals surface area (Å²) < 4.78 is 5.83. The second kappa shape index (κ2) is 8.75. The zero-order valence-electron chi connectivity index (χ0n) is 12.1. The Labute approximate surface area is 147 Å². The molecular formula is C15H20Cl3N3O. The van der Waals surface area contributed by atoms with Crippen molar-refractivity contribution in [2.24, 2.45) is 5.73 Å². The fraction of sp³-hybridized carbons (Fsp3) is 0.400. The molecule has 2 N–H and O–H groups in total. The van der Waals surface area contributed by atoms with Gasteiger partial charge in [0.05, 0.1) is 12.7 Å². The van der Waals surface area contributed by atoms with E-state index in [9.17, 15) is 0 Å². The molecule has 1 aromatic carbocycles. The van der Waals surface area contributed by atoms with Crippen LogP contribution >= 0.6 is 36.4 Å². The molecule has 1 aliphatic heterocycles. The summed E-state index contributed by atoms with van der Waals surface area (Å²) in [4.78, 5) is 6.70. The lowest BCUT2D eigenvalue weighted by Crippen LogP contribution is -2.34. The average molecular weight is 365 g/mol. The number of benzene rings is 1.